The van der Waals surface area contributed by atoms with Gasteiger partial charge in [0, 0.05) is 32.4 Å². The number of methoxy groups -OCH3 is 1. The summed E-state index contributed by atoms with van der Waals surface area (Å²) in [6, 6.07) is 0. The molecule has 1 aliphatic carbocycles. The normalized spacial score (nSPS) is 17.0. The molecule has 0 saturated heterocycles. The summed E-state index contributed by atoms with van der Waals surface area (Å²) in [5.74, 6) is 0.881. The quantitative estimate of drug-likeness (QED) is 0.595. The highest BCUT2D eigenvalue weighted by atomic mass is 16.5. The fraction of sp³-hybridized carbons (Fsp3) is 1.00. The predicted molar refractivity (Wildman–Crippen MR) is 62.1 cm³/mol. The van der Waals surface area contributed by atoms with Crippen LogP contribution in [0.5, 0.6) is 0 Å². The molecule has 0 heterocycles. The fourth-order valence-corrected chi connectivity index (χ4v) is 1.80. The molecule has 0 aromatic carbocycles. The molecule has 0 aromatic rings. The van der Waals surface area contributed by atoms with Crippen LogP contribution in [0.25, 0.3) is 0 Å². The van der Waals surface area contributed by atoms with Crippen molar-refractivity contribution in [1.29, 1.82) is 0 Å². The minimum Gasteiger partial charge on any atom is -0.385 e. The molecular weight excluding hydrogens is 190 g/mol. The Morgan fingerprint density at radius 2 is 1.93 bits per heavy atom. The molecule has 90 valence electrons. The van der Waals surface area contributed by atoms with Crippen LogP contribution in [0.15, 0.2) is 0 Å². The molecule has 0 unspecified atom stereocenters. The van der Waals surface area contributed by atoms with E-state index in [-0.39, 0.29) is 0 Å². The lowest BCUT2D eigenvalue weighted by Gasteiger charge is -2.26. The highest BCUT2D eigenvalue weighted by Gasteiger charge is 2.36. The Morgan fingerprint density at radius 3 is 2.53 bits per heavy atom. The van der Waals surface area contributed by atoms with Crippen LogP contribution in [0.4, 0.5) is 0 Å². The predicted octanol–water partition coefficient (Wildman–Crippen LogP) is 1.82. The van der Waals surface area contributed by atoms with Crippen molar-refractivity contribution in [2.45, 2.75) is 38.6 Å². The van der Waals surface area contributed by atoms with Crippen LogP contribution in [0.1, 0.15) is 33.1 Å². The average molecular weight is 215 g/mol. The van der Waals surface area contributed by atoms with Crippen molar-refractivity contribution in [2.24, 2.45) is 5.92 Å². The van der Waals surface area contributed by atoms with E-state index < -0.39 is 0 Å². The Labute approximate surface area is 93.5 Å². The standard InChI is InChI=1S/C12H25NO2/c1-12(2,11-5-6-11)13-7-10-15-9-4-8-14-3/h11,13H,4-10H2,1-3H3. The van der Waals surface area contributed by atoms with E-state index in [4.69, 9.17) is 9.47 Å². The van der Waals surface area contributed by atoms with Crippen molar-refractivity contribution < 1.29 is 9.47 Å². The smallest absolute Gasteiger partial charge is 0.0591 e. The van der Waals surface area contributed by atoms with Gasteiger partial charge in [0.05, 0.1) is 6.61 Å². The summed E-state index contributed by atoms with van der Waals surface area (Å²) >= 11 is 0. The maximum Gasteiger partial charge on any atom is 0.0591 e. The van der Waals surface area contributed by atoms with E-state index in [1.54, 1.807) is 7.11 Å². The minimum absolute atomic E-state index is 0.301. The van der Waals surface area contributed by atoms with Gasteiger partial charge in [-0.25, -0.2) is 0 Å². The summed E-state index contributed by atoms with van der Waals surface area (Å²) in [6.07, 6.45) is 3.76. The molecule has 3 nitrogen and oxygen atoms in total. The molecule has 0 amide bonds. The zero-order chi connectivity index (χ0) is 11.1. The van der Waals surface area contributed by atoms with Crippen LogP contribution in [0, 0.1) is 5.92 Å². The molecule has 1 aliphatic rings. The maximum absolute atomic E-state index is 5.49. The number of ether oxygens (including phenoxy) is 2. The van der Waals surface area contributed by atoms with Gasteiger partial charge in [0.1, 0.15) is 0 Å². The average Bonchev–Trinajstić information content (AvgIpc) is 2.99. The van der Waals surface area contributed by atoms with E-state index in [0.29, 0.717) is 5.54 Å². The van der Waals surface area contributed by atoms with E-state index in [1.807, 2.05) is 0 Å². The molecular formula is C12H25NO2. The second-order valence-electron chi connectivity index (χ2n) is 4.88. The maximum atomic E-state index is 5.49. The van der Waals surface area contributed by atoms with Crippen molar-refractivity contribution >= 4 is 0 Å². The summed E-state index contributed by atoms with van der Waals surface area (Å²) in [5, 5.41) is 3.56. The van der Waals surface area contributed by atoms with Gasteiger partial charge in [-0.05, 0) is 39.0 Å². The van der Waals surface area contributed by atoms with Gasteiger partial charge in [-0.1, -0.05) is 0 Å². The molecule has 1 N–H and O–H groups in total. The van der Waals surface area contributed by atoms with E-state index in [2.05, 4.69) is 19.2 Å². The van der Waals surface area contributed by atoms with Crippen LogP contribution in [0.2, 0.25) is 0 Å². The van der Waals surface area contributed by atoms with Crippen molar-refractivity contribution in [3.8, 4) is 0 Å². The first kappa shape index (κ1) is 12.9. The summed E-state index contributed by atoms with van der Waals surface area (Å²) in [4.78, 5) is 0. The third kappa shape index (κ3) is 5.50. The Bertz CT molecular complexity index is 167. The Kier molecular flexibility index (Phi) is 5.58. The van der Waals surface area contributed by atoms with E-state index in [0.717, 1.165) is 38.7 Å². The van der Waals surface area contributed by atoms with Crippen LogP contribution in [-0.2, 0) is 9.47 Å². The summed E-state index contributed by atoms with van der Waals surface area (Å²) in [5.41, 5.74) is 0.301. The number of hydrogen-bond donors (Lipinski definition) is 1. The summed E-state index contributed by atoms with van der Waals surface area (Å²) < 4.78 is 10.4. The molecule has 0 radical (unpaired) electrons. The van der Waals surface area contributed by atoms with Crippen molar-refractivity contribution in [3.05, 3.63) is 0 Å². The van der Waals surface area contributed by atoms with Gasteiger partial charge in [-0.3, -0.25) is 0 Å². The van der Waals surface area contributed by atoms with Crippen LogP contribution >= 0.6 is 0 Å². The van der Waals surface area contributed by atoms with Gasteiger partial charge in [0.2, 0.25) is 0 Å². The number of nitrogens with one attached hydrogen (secondary N) is 1. The second kappa shape index (κ2) is 6.46. The Morgan fingerprint density at radius 1 is 1.20 bits per heavy atom. The molecule has 0 spiro atoms. The van der Waals surface area contributed by atoms with Gasteiger partial charge in [0.15, 0.2) is 0 Å². The first-order chi connectivity index (χ1) is 7.17. The van der Waals surface area contributed by atoms with Crippen LogP contribution < -0.4 is 5.32 Å². The number of rotatable bonds is 9. The molecule has 3 heteroatoms. The van der Waals surface area contributed by atoms with Gasteiger partial charge in [0.25, 0.3) is 0 Å². The topological polar surface area (TPSA) is 30.5 Å². The van der Waals surface area contributed by atoms with Crippen molar-refractivity contribution in [1.82, 2.24) is 5.32 Å². The molecule has 0 aromatic heterocycles. The SMILES string of the molecule is COCCCOCCNC(C)(C)C1CC1. The highest BCUT2D eigenvalue weighted by Crippen LogP contribution is 2.38. The summed E-state index contributed by atoms with van der Waals surface area (Å²) in [7, 11) is 1.72. The second-order valence-corrected chi connectivity index (χ2v) is 4.88. The third-order valence-electron chi connectivity index (χ3n) is 3.06. The first-order valence-electron chi connectivity index (χ1n) is 5.98. The molecule has 0 bridgehead atoms. The molecule has 0 atom stereocenters. The lowest BCUT2D eigenvalue weighted by atomic mass is 9.99. The van der Waals surface area contributed by atoms with Gasteiger partial charge >= 0.3 is 0 Å². The Hall–Kier alpha value is -0.120. The van der Waals surface area contributed by atoms with E-state index in [9.17, 15) is 0 Å². The van der Waals surface area contributed by atoms with E-state index in [1.165, 1.54) is 12.8 Å². The van der Waals surface area contributed by atoms with Crippen LogP contribution in [-0.4, -0.2) is 39.0 Å². The molecule has 0 aliphatic heterocycles. The van der Waals surface area contributed by atoms with Crippen molar-refractivity contribution in [3.63, 3.8) is 0 Å². The monoisotopic (exact) mass is 215 g/mol. The lowest BCUT2D eigenvalue weighted by molar-refractivity contribution is 0.0998. The Balaban J connectivity index is 1.88. The van der Waals surface area contributed by atoms with Gasteiger partial charge in [-0.2, -0.15) is 0 Å². The van der Waals surface area contributed by atoms with Crippen molar-refractivity contribution in [2.75, 3.05) is 33.5 Å². The fourth-order valence-electron chi connectivity index (χ4n) is 1.80. The van der Waals surface area contributed by atoms with Gasteiger partial charge < -0.3 is 14.8 Å². The molecule has 15 heavy (non-hydrogen) atoms. The highest BCUT2D eigenvalue weighted by molar-refractivity contribution is 4.94. The summed E-state index contributed by atoms with van der Waals surface area (Å²) in [6.45, 7) is 7.93. The minimum atomic E-state index is 0.301. The zero-order valence-electron chi connectivity index (χ0n) is 10.3. The number of hydrogen-bond acceptors (Lipinski definition) is 3. The molecule has 1 fully saturated rings. The molecule has 1 rings (SSSR count). The van der Waals surface area contributed by atoms with Gasteiger partial charge in [-0.15, -0.1) is 0 Å². The first-order valence-corrected chi connectivity index (χ1v) is 5.98. The van der Waals surface area contributed by atoms with Crippen LogP contribution in [0.3, 0.4) is 0 Å². The molecule has 1 saturated carbocycles. The lowest BCUT2D eigenvalue weighted by Crippen LogP contribution is -2.43. The zero-order valence-corrected chi connectivity index (χ0v) is 10.3. The largest absolute Gasteiger partial charge is 0.385 e. The third-order valence-corrected chi connectivity index (χ3v) is 3.06. The van der Waals surface area contributed by atoms with E-state index >= 15 is 0 Å².